The minimum Gasteiger partial charge on any atom is -0.316 e. The van der Waals surface area contributed by atoms with Gasteiger partial charge in [-0.1, -0.05) is 62.9 Å². The van der Waals surface area contributed by atoms with Crippen molar-refractivity contribution in [1.82, 2.24) is 5.32 Å². The summed E-state index contributed by atoms with van der Waals surface area (Å²) < 4.78 is 0. The van der Waals surface area contributed by atoms with E-state index in [4.69, 9.17) is 11.6 Å². The summed E-state index contributed by atoms with van der Waals surface area (Å²) in [6, 6.07) is 8.44. The van der Waals surface area contributed by atoms with Gasteiger partial charge in [-0.05, 0) is 55.3 Å². The molecule has 2 heteroatoms. The van der Waals surface area contributed by atoms with E-state index in [-0.39, 0.29) is 0 Å². The third kappa shape index (κ3) is 4.49. The molecule has 0 amide bonds. The van der Waals surface area contributed by atoms with Crippen molar-refractivity contribution < 1.29 is 0 Å². The minimum absolute atomic E-state index is 0.630. The van der Waals surface area contributed by atoms with E-state index in [1.54, 1.807) is 0 Å². The topological polar surface area (TPSA) is 12.0 Å². The average molecular weight is 294 g/mol. The van der Waals surface area contributed by atoms with Crippen LogP contribution in [0, 0.1) is 11.8 Å². The maximum atomic E-state index is 6.44. The van der Waals surface area contributed by atoms with E-state index in [2.05, 4.69) is 31.3 Å². The lowest BCUT2D eigenvalue weighted by Gasteiger charge is -2.27. The van der Waals surface area contributed by atoms with Crippen LogP contribution in [0.25, 0.3) is 0 Å². The van der Waals surface area contributed by atoms with Crippen molar-refractivity contribution in [1.29, 1.82) is 0 Å². The molecule has 2 atom stereocenters. The molecule has 112 valence electrons. The van der Waals surface area contributed by atoms with Crippen molar-refractivity contribution in [3.8, 4) is 0 Å². The maximum absolute atomic E-state index is 6.44. The first-order valence-corrected chi connectivity index (χ1v) is 8.51. The second-order valence-corrected chi connectivity index (χ2v) is 6.99. The molecule has 1 fully saturated rings. The summed E-state index contributed by atoms with van der Waals surface area (Å²) in [5.41, 5.74) is 1.37. The Morgan fingerprint density at radius 3 is 2.65 bits per heavy atom. The zero-order chi connectivity index (χ0) is 14.4. The molecule has 0 spiro atoms. The fraction of sp³-hybridized carbons (Fsp3) is 0.667. The van der Waals surface area contributed by atoms with Gasteiger partial charge in [0.25, 0.3) is 0 Å². The van der Waals surface area contributed by atoms with Crippen LogP contribution in [-0.2, 0) is 0 Å². The van der Waals surface area contributed by atoms with Crippen LogP contribution in [0.5, 0.6) is 0 Å². The Morgan fingerprint density at radius 2 is 1.90 bits per heavy atom. The number of benzene rings is 1. The van der Waals surface area contributed by atoms with Gasteiger partial charge in [0.15, 0.2) is 0 Å². The number of hydrogen-bond acceptors (Lipinski definition) is 1. The SMILES string of the molecule is CC(C)CNCC1CCCCCC1c1ccccc1Cl. The van der Waals surface area contributed by atoms with Crippen molar-refractivity contribution in [3.05, 3.63) is 34.9 Å². The molecule has 0 heterocycles. The van der Waals surface area contributed by atoms with Gasteiger partial charge in [0, 0.05) is 5.02 Å². The normalized spacial score (nSPS) is 23.8. The Hall–Kier alpha value is -0.530. The highest BCUT2D eigenvalue weighted by Gasteiger charge is 2.26. The van der Waals surface area contributed by atoms with Gasteiger partial charge in [0.1, 0.15) is 0 Å². The van der Waals surface area contributed by atoms with E-state index in [1.165, 1.54) is 37.7 Å². The lowest BCUT2D eigenvalue weighted by Crippen LogP contribution is -2.29. The molecule has 20 heavy (non-hydrogen) atoms. The fourth-order valence-corrected chi connectivity index (χ4v) is 3.65. The first-order chi connectivity index (χ1) is 9.68. The largest absolute Gasteiger partial charge is 0.316 e. The zero-order valence-electron chi connectivity index (χ0n) is 12.9. The molecule has 2 unspecified atom stereocenters. The summed E-state index contributed by atoms with van der Waals surface area (Å²) in [6.45, 7) is 6.79. The average Bonchev–Trinajstić information content (AvgIpc) is 2.64. The highest BCUT2D eigenvalue weighted by atomic mass is 35.5. The zero-order valence-corrected chi connectivity index (χ0v) is 13.6. The van der Waals surface area contributed by atoms with Gasteiger partial charge >= 0.3 is 0 Å². The molecule has 1 aliphatic carbocycles. The van der Waals surface area contributed by atoms with Crippen molar-refractivity contribution in [3.63, 3.8) is 0 Å². The van der Waals surface area contributed by atoms with E-state index in [1.807, 2.05) is 12.1 Å². The van der Waals surface area contributed by atoms with E-state index in [0.29, 0.717) is 5.92 Å². The van der Waals surface area contributed by atoms with Crippen LogP contribution >= 0.6 is 11.6 Å². The lowest BCUT2D eigenvalue weighted by atomic mass is 9.82. The Kier molecular flexibility index (Phi) is 6.38. The lowest BCUT2D eigenvalue weighted by molar-refractivity contribution is 0.366. The summed E-state index contributed by atoms with van der Waals surface area (Å²) in [5, 5.41) is 4.61. The van der Waals surface area contributed by atoms with E-state index >= 15 is 0 Å². The predicted molar refractivity (Wildman–Crippen MR) is 88.5 cm³/mol. The van der Waals surface area contributed by atoms with Crippen LogP contribution in [-0.4, -0.2) is 13.1 Å². The summed E-state index contributed by atoms with van der Waals surface area (Å²) in [6.07, 6.45) is 6.71. The molecular weight excluding hydrogens is 266 g/mol. The summed E-state index contributed by atoms with van der Waals surface area (Å²) in [5.74, 6) is 2.08. The van der Waals surface area contributed by atoms with Gasteiger partial charge in [0.2, 0.25) is 0 Å². The third-order valence-electron chi connectivity index (χ3n) is 4.42. The molecule has 2 rings (SSSR count). The van der Waals surface area contributed by atoms with Gasteiger partial charge in [-0.15, -0.1) is 0 Å². The Morgan fingerprint density at radius 1 is 1.15 bits per heavy atom. The Labute approximate surface area is 129 Å². The van der Waals surface area contributed by atoms with Crippen LogP contribution in [0.1, 0.15) is 57.4 Å². The van der Waals surface area contributed by atoms with Crippen molar-refractivity contribution >= 4 is 11.6 Å². The number of halogens is 1. The molecule has 0 aliphatic heterocycles. The second kappa shape index (κ2) is 8.05. The van der Waals surface area contributed by atoms with Gasteiger partial charge in [-0.2, -0.15) is 0 Å². The fourth-order valence-electron chi connectivity index (χ4n) is 3.37. The molecule has 1 aromatic rings. The molecule has 1 aromatic carbocycles. The predicted octanol–water partition coefficient (Wildman–Crippen LogP) is 5.25. The summed E-state index contributed by atoms with van der Waals surface area (Å²) >= 11 is 6.44. The standard InChI is InChI=1S/C18H28ClN/c1-14(2)12-20-13-15-8-4-3-5-9-16(15)17-10-6-7-11-18(17)19/h6-7,10-11,14-16,20H,3-5,8-9,12-13H2,1-2H3. The van der Waals surface area contributed by atoms with Crippen molar-refractivity contribution in [2.75, 3.05) is 13.1 Å². The number of nitrogens with one attached hydrogen (secondary N) is 1. The van der Waals surface area contributed by atoms with Crippen molar-refractivity contribution in [2.45, 2.75) is 51.9 Å². The molecular formula is C18H28ClN. The smallest absolute Gasteiger partial charge is 0.0440 e. The third-order valence-corrected chi connectivity index (χ3v) is 4.77. The quantitative estimate of drug-likeness (QED) is 0.731. The summed E-state index contributed by atoms with van der Waals surface area (Å²) in [4.78, 5) is 0. The second-order valence-electron chi connectivity index (χ2n) is 6.58. The highest BCUT2D eigenvalue weighted by Crippen LogP contribution is 2.39. The Bertz CT molecular complexity index is 402. The van der Waals surface area contributed by atoms with E-state index in [0.717, 1.165) is 29.9 Å². The minimum atomic E-state index is 0.630. The van der Waals surface area contributed by atoms with Crippen LogP contribution in [0.3, 0.4) is 0 Å². The molecule has 1 nitrogen and oxygen atoms in total. The molecule has 0 radical (unpaired) electrons. The maximum Gasteiger partial charge on any atom is 0.0440 e. The van der Waals surface area contributed by atoms with E-state index < -0.39 is 0 Å². The van der Waals surface area contributed by atoms with Crippen LogP contribution in [0.4, 0.5) is 0 Å². The van der Waals surface area contributed by atoms with Crippen LogP contribution in [0.2, 0.25) is 5.02 Å². The van der Waals surface area contributed by atoms with Gasteiger partial charge in [0.05, 0.1) is 0 Å². The summed E-state index contributed by atoms with van der Waals surface area (Å²) in [7, 11) is 0. The molecule has 1 saturated carbocycles. The number of hydrogen-bond donors (Lipinski definition) is 1. The molecule has 1 aliphatic rings. The Balaban J connectivity index is 2.07. The molecule has 0 aromatic heterocycles. The number of rotatable bonds is 5. The monoisotopic (exact) mass is 293 g/mol. The van der Waals surface area contributed by atoms with Gasteiger partial charge in [-0.3, -0.25) is 0 Å². The molecule has 0 bridgehead atoms. The molecule has 0 saturated heterocycles. The van der Waals surface area contributed by atoms with Crippen LogP contribution < -0.4 is 5.32 Å². The van der Waals surface area contributed by atoms with Gasteiger partial charge < -0.3 is 5.32 Å². The first-order valence-electron chi connectivity index (χ1n) is 8.13. The highest BCUT2D eigenvalue weighted by molar-refractivity contribution is 6.31. The van der Waals surface area contributed by atoms with E-state index in [9.17, 15) is 0 Å². The first kappa shape index (κ1) is 15.9. The van der Waals surface area contributed by atoms with Crippen molar-refractivity contribution in [2.24, 2.45) is 11.8 Å². The van der Waals surface area contributed by atoms with Gasteiger partial charge in [-0.25, -0.2) is 0 Å². The van der Waals surface area contributed by atoms with Crippen LogP contribution in [0.15, 0.2) is 24.3 Å². The molecule has 1 N–H and O–H groups in total.